The van der Waals surface area contributed by atoms with E-state index in [0.717, 1.165) is 24.4 Å². The Balaban J connectivity index is 3.03. The summed E-state index contributed by atoms with van der Waals surface area (Å²) in [6.07, 6.45) is 1.57. The van der Waals surface area contributed by atoms with Gasteiger partial charge in [0.2, 0.25) is 0 Å². The fraction of sp³-hybridized carbons (Fsp3) is 0.786. The van der Waals surface area contributed by atoms with Gasteiger partial charge in [-0.15, -0.1) is 0 Å². The summed E-state index contributed by atoms with van der Waals surface area (Å²) in [6, 6.07) is 2.09. The van der Waals surface area contributed by atoms with Gasteiger partial charge in [0.05, 0.1) is 18.9 Å². The molecule has 1 rings (SSSR count). The van der Waals surface area contributed by atoms with E-state index < -0.39 is 5.41 Å². The van der Waals surface area contributed by atoms with E-state index in [1.165, 1.54) is 0 Å². The van der Waals surface area contributed by atoms with Gasteiger partial charge in [-0.05, 0) is 31.7 Å². The van der Waals surface area contributed by atoms with E-state index >= 15 is 0 Å². The summed E-state index contributed by atoms with van der Waals surface area (Å²) >= 11 is 0. The summed E-state index contributed by atoms with van der Waals surface area (Å²) < 4.78 is 1.97. The van der Waals surface area contributed by atoms with Crippen molar-refractivity contribution >= 4 is 0 Å². The molecule has 0 aliphatic rings. The maximum Gasteiger partial charge on any atom is 0.0624 e. The Morgan fingerprint density at radius 2 is 1.89 bits per heavy atom. The van der Waals surface area contributed by atoms with Crippen LogP contribution < -0.4 is 0 Å². The third-order valence-corrected chi connectivity index (χ3v) is 3.96. The minimum absolute atomic E-state index is 0.00246. The summed E-state index contributed by atoms with van der Waals surface area (Å²) in [5, 5.41) is 23.8. The number of aryl methyl sites for hydroxylation is 2. The topological polar surface area (TPSA) is 58.3 Å². The quantitative estimate of drug-likeness (QED) is 0.777. The summed E-state index contributed by atoms with van der Waals surface area (Å²) in [5.41, 5.74) is 1.71. The Morgan fingerprint density at radius 1 is 1.28 bits per heavy atom. The fourth-order valence-electron chi connectivity index (χ4n) is 2.20. The number of hydrogen-bond donors (Lipinski definition) is 2. The molecule has 0 saturated heterocycles. The van der Waals surface area contributed by atoms with E-state index in [1.807, 2.05) is 18.5 Å². The Labute approximate surface area is 110 Å². The van der Waals surface area contributed by atoms with Gasteiger partial charge in [-0.1, -0.05) is 20.8 Å². The summed E-state index contributed by atoms with van der Waals surface area (Å²) in [4.78, 5) is 0. The van der Waals surface area contributed by atoms with Crippen LogP contribution in [0.15, 0.2) is 6.07 Å². The van der Waals surface area contributed by atoms with Gasteiger partial charge >= 0.3 is 0 Å². The molecule has 1 aromatic rings. The van der Waals surface area contributed by atoms with E-state index in [-0.39, 0.29) is 19.1 Å². The molecular formula is C14H26N2O2. The van der Waals surface area contributed by atoms with Crippen LogP contribution >= 0.6 is 0 Å². The van der Waals surface area contributed by atoms with Crippen LogP contribution in [0.2, 0.25) is 0 Å². The lowest BCUT2D eigenvalue weighted by molar-refractivity contribution is 0.0147. The number of nitrogens with zero attached hydrogens (tertiary/aromatic N) is 2. The Kier molecular flexibility index (Phi) is 5.35. The highest BCUT2D eigenvalue weighted by molar-refractivity contribution is 5.13. The third-order valence-electron chi connectivity index (χ3n) is 3.96. The highest BCUT2D eigenvalue weighted by atomic mass is 16.3. The Hall–Kier alpha value is -0.870. The molecule has 0 spiro atoms. The standard InChI is InChI=1S/C14H26N2O2/c1-5-12-7-13(16(6-2)15-12)8-14(9-17,10-18)11(3)4/h7,11,17-18H,5-6,8-10H2,1-4H3. The van der Waals surface area contributed by atoms with Crippen molar-refractivity contribution in [2.45, 2.75) is 47.1 Å². The van der Waals surface area contributed by atoms with Crippen molar-refractivity contribution in [3.05, 3.63) is 17.5 Å². The molecule has 0 amide bonds. The van der Waals surface area contributed by atoms with Crippen LogP contribution in [-0.2, 0) is 19.4 Å². The lowest BCUT2D eigenvalue weighted by Crippen LogP contribution is -2.38. The molecule has 0 unspecified atom stereocenters. The molecule has 18 heavy (non-hydrogen) atoms. The van der Waals surface area contributed by atoms with Crippen LogP contribution in [-0.4, -0.2) is 33.2 Å². The van der Waals surface area contributed by atoms with Gasteiger partial charge in [-0.2, -0.15) is 5.10 Å². The minimum atomic E-state index is -0.460. The molecule has 0 fully saturated rings. The van der Waals surface area contributed by atoms with Crippen molar-refractivity contribution in [2.75, 3.05) is 13.2 Å². The van der Waals surface area contributed by atoms with E-state index in [9.17, 15) is 10.2 Å². The second-order valence-corrected chi connectivity index (χ2v) is 5.31. The number of aliphatic hydroxyl groups excluding tert-OH is 2. The van der Waals surface area contributed by atoms with Gasteiger partial charge in [-0.25, -0.2) is 0 Å². The second kappa shape index (κ2) is 6.34. The highest BCUT2D eigenvalue weighted by Crippen LogP contribution is 2.31. The van der Waals surface area contributed by atoms with Crippen LogP contribution in [0, 0.1) is 11.3 Å². The van der Waals surface area contributed by atoms with E-state index in [4.69, 9.17) is 0 Å². The summed E-state index contributed by atoms with van der Waals surface area (Å²) in [5.74, 6) is 0.220. The molecule has 4 nitrogen and oxygen atoms in total. The first kappa shape index (κ1) is 15.2. The number of rotatable bonds is 7. The van der Waals surface area contributed by atoms with Crippen molar-refractivity contribution in [2.24, 2.45) is 11.3 Å². The van der Waals surface area contributed by atoms with Gasteiger partial charge in [0.15, 0.2) is 0 Å². The third kappa shape index (κ3) is 2.93. The Bertz CT molecular complexity index is 368. The monoisotopic (exact) mass is 254 g/mol. The molecule has 2 N–H and O–H groups in total. The van der Waals surface area contributed by atoms with Gasteiger partial charge in [0, 0.05) is 17.7 Å². The highest BCUT2D eigenvalue weighted by Gasteiger charge is 2.34. The molecule has 0 atom stereocenters. The van der Waals surface area contributed by atoms with Crippen molar-refractivity contribution in [3.8, 4) is 0 Å². The van der Waals surface area contributed by atoms with Crippen molar-refractivity contribution in [3.63, 3.8) is 0 Å². The van der Waals surface area contributed by atoms with Crippen molar-refractivity contribution < 1.29 is 10.2 Å². The molecule has 0 saturated carbocycles. The maximum absolute atomic E-state index is 9.65. The number of aliphatic hydroxyl groups is 2. The lowest BCUT2D eigenvalue weighted by Gasteiger charge is -2.34. The molecule has 1 aromatic heterocycles. The number of hydrogen-bond acceptors (Lipinski definition) is 3. The van der Waals surface area contributed by atoms with E-state index in [2.05, 4.69) is 25.0 Å². The van der Waals surface area contributed by atoms with Gasteiger partial charge < -0.3 is 10.2 Å². The Morgan fingerprint density at radius 3 is 2.28 bits per heavy atom. The van der Waals surface area contributed by atoms with Crippen LogP contribution in [0.3, 0.4) is 0 Å². The van der Waals surface area contributed by atoms with E-state index in [1.54, 1.807) is 0 Å². The predicted molar refractivity (Wildman–Crippen MR) is 72.4 cm³/mol. The van der Waals surface area contributed by atoms with Crippen LogP contribution in [0.25, 0.3) is 0 Å². The normalized spacial score (nSPS) is 12.4. The first-order chi connectivity index (χ1) is 8.52. The molecule has 0 radical (unpaired) electrons. The zero-order chi connectivity index (χ0) is 13.8. The first-order valence-electron chi connectivity index (χ1n) is 6.80. The molecule has 104 valence electrons. The number of aromatic nitrogens is 2. The van der Waals surface area contributed by atoms with Gasteiger partial charge in [-0.3, -0.25) is 4.68 Å². The van der Waals surface area contributed by atoms with Gasteiger partial charge in [0.25, 0.3) is 0 Å². The average molecular weight is 254 g/mol. The average Bonchev–Trinajstić information content (AvgIpc) is 2.77. The SMILES string of the molecule is CCc1cc(CC(CO)(CO)C(C)C)n(CC)n1. The van der Waals surface area contributed by atoms with Crippen LogP contribution in [0.1, 0.15) is 39.1 Å². The molecular weight excluding hydrogens is 228 g/mol. The zero-order valence-corrected chi connectivity index (χ0v) is 12.0. The van der Waals surface area contributed by atoms with Crippen LogP contribution in [0.5, 0.6) is 0 Å². The zero-order valence-electron chi connectivity index (χ0n) is 12.0. The minimum Gasteiger partial charge on any atom is -0.396 e. The molecule has 0 aromatic carbocycles. The fourth-order valence-corrected chi connectivity index (χ4v) is 2.20. The predicted octanol–water partition coefficient (Wildman–Crippen LogP) is 1.63. The van der Waals surface area contributed by atoms with Crippen molar-refractivity contribution in [1.82, 2.24) is 9.78 Å². The lowest BCUT2D eigenvalue weighted by atomic mass is 9.75. The van der Waals surface area contributed by atoms with Crippen molar-refractivity contribution in [1.29, 1.82) is 0 Å². The molecule has 0 bridgehead atoms. The van der Waals surface area contributed by atoms with Crippen LogP contribution in [0.4, 0.5) is 0 Å². The van der Waals surface area contributed by atoms with E-state index in [0.29, 0.717) is 6.42 Å². The smallest absolute Gasteiger partial charge is 0.0624 e. The summed E-state index contributed by atoms with van der Waals surface area (Å²) in [7, 11) is 0. The molecule has 4 heteroatoms. The first-order valence-corrected chi connectivity index (χ1v) is 6.80. The van der Waals surface area contributed by atoms with Gasteiger partial charge in [0.1, 0.15) is 0 Å². The second-order valence-electron chi connectivity index (χ2n) is 5.31. The maximum atomic E-state index is 9.65. The molecule has 0 aliphatic carbocycles. The molecule has 0 aliphatic heterocycles. The molecule has 1 heterocycles. The largest absolute Gasteiger partial charge is 0.396 e. The summed E-state index contributed by atoms with van der Waals surface area (Å²) in [6.45, 7) is 9.04.